The third-order valence-electron chi connectivity index (χ3n) is 3.56. The number of fused-ring (bicyclic) bond motifs is 1. The summed E-state index contributed by atoms with van der Waals surface area (Å²) in [5.74, 6) is -0.131. The van der Waals surface area contributed by atoms with Gasteiger partial charge in [-0.2, -0.15) is 0 Å². The van der Waals surface area contributed by atoms with Crippen LogP contribution in [0, 0.1) is 0 Å². The number of hydrogen-bond acceptors (Lipinski definition) is 6. The van der Waals surface area contributed by atoms with Gasteiger partial charge < -0.3 is 20.5 Å². The second-order valence-electron chi connectivity index (χ2n) is 4.63. The van der Waals surface area contributed by atoms with Gasteiger partial charge in [0.25, 0.3) is 5.56 Å². The lowest BCUT2D eigenvalue weighted by molar-refractivity contribution is 0.121. The average molecular weight is 250 g/mol. The zero-order valence-electron chi connectivity index (χ0n) is 9.58. The summed E-state index contributed by atoms with van der Waals surface area (Å²) in [7, 11) is 0. The number of nitrogens with one attached hydrogen (secondary N) is 2. The van der Waals surface area contributed by atoms with Crippen LogP contribution in [0.5, 0.6) is 0 Å². The Balaban J connectivity index is 1.88. The Bertz CT molecular complexity index is 541. The molecule has 3 rings (SSSR count). The molecule has 2 aliphatic heterocycles. The van der Waals surface area contributed by atoms with Crippen molar-refractivity contribution < 1.29 is 10.2 Å². The molecule has 1 fully saturated rings. The average Bonchev–Trinajstić information content (AvgIpc) is 2.93. The number of aliphatic hydroxyl groups is 2. The standard InChI is InChI=1S/C11H14N4O3/c16-3-7-8(17)1-6(15-7)5-2-12-10-9(5)13-4-14-11(10)18/h2,4-8,15-17H,1,3H2,(H,13,14,18)/t5?,6-,7-,8+/m1/s1. The maximum Gasteiger partial charge on any atom is 0.276 e. The van der Waals surface area contributed by atoms with E-state index in [2.05, 4.69) is 20.3 Å². The van der Waals surface area contributed by atoms with E-state index in [0.717, 1.165) is 0 Å². The van der Waals surface area contributed by atoms with Crippen molar-refractivity contribution in [3.05, 3.63) is 22.4 Å². The molecule has 96 valence electrons. The van der Waals surface area contributed by atoms with E-state index >= 15 is 0 Å². The number of rotatable bonds is 2. The molecular formula is C11H14N4O3. The number of aliphatic imine (C=N–C) groups is 1. The van der Waals surface area contributed by atoms with Crippen molar-refractivity contribution in [1.82, 2.24) is 15.3 Å². The molecular weight excluding hydrogens is 236 g/mol. The predicted octanol–water partition coefficient (Wildman–Crippen LogP) is -1.35. The molecule has 0 saturated carbocycles. The molecule has 1 aromatic heterocycles. The molecule has 3 heterocycles. The zero-order chi connectivity index (χ0) is 12.7. The molecule has 2 aliphatic rings. The maximum absolute atomic E-state index is 11.5. The van der Waals surface area contributed by atoms with Crippen LogP contribution < -0.4 is 10.9 Å². The van der Waals surface area contributed by atoms with Gasteiger partial charge in [-0.15, -0.1) is 0 Å². The predicted molar refractivity (Wildman–Crippen MR) is 64.2 cm³/mol. The third-order valence-corrected chi connectivity index (χ3v) is 3.56. The molecule has 4 N–H and O–H groups in total. The van der Waals surface area contributed by atoms with Gasteiger partial charge in [0.05, 0.1) is 36.7 Å². The highest BCUT2D eigenvalue weighted by Crippen LogP contribution is 2.33. The van der Waals surface area contributed by atoms with Crippen LogP contribution in [0.2, 0.25) is 0 Å². The van der Waals surface area contributed by atoms with Crippen molar-refractivity contribution in [2.75, 3.05) is 6.61 Å². The zero-order valence-corrected chi connectivity index (χ0v) is 9.58. The normalized spacial score (nSPS) is 33.9. The summed E-state index contributed by atoms with van der Waals surface area (Å²) in [4.78, 5) is 22.3. The van der Waals surface area contributed by atoms with Crippen LogP contribution in [0.1, 0.15) is 18.0 Å². The van der Waals surface area contributed by atoms with E-state index in [1.54, 1.807) is 6.21 Å². The molecule has 0 radical (unpaired) electrons. The minimum Gasteiger partial charge on any atom is -0.395 e. The summed E-state index contributed by atoms with van der Waals surface area (Å²) >= 11 is 0. The van der Waals surface area contributed by atoms with Crippen molar-refractivity contribution in [3.8, 4) is 0 Å². The number of aliphatic hydroxyl groups excluding tert-OH is 2. The fourth-order valence-corrected chi connectivity index (χ4v) is 2.60. The van der Waals surface area contributed by atoms with E-state index in [4.69, 9.17) is 5.11 Å². The summed E-state index contributed by atoms with van der Waals surface area (Å²) in [6.07, 6.45) is 2.96. The lowest BCUT2D eigenvalue weighted by Gasteiger charge is -2.17. The van der Waals surface area contributed by atoms with Gasteiger partial charge in [-0.3, -0.25) is 9.79 Å². The summed E-state index contributed by atoms with van der Waals surface area (Å²) in [5, 5.41) is 22.0. The van der Waals surface area contributed by atoms with E-state index < -0.39 is 6.10 Å². The summed E-state index contributed by atoms with van der Waals surface area (Å²) in [5.41, 5.74) is 0.712. The lowest BCUT2D eigenvalue weighted by Crippen LogP contribution is -2.38. The minimum absolute atomic E-state index is 0.0588. The SMILES string of the molecule is O=c1[nH]cnc2c1N=CC2[C@H]1C[C@H](O)[C@@H](CO)N1. The Morgan fingerprint density at radius 3 is 3.06 bits per heavy atom. The minimum atomic E-state index is -0.584. The van der Waals surface area contributed by atoms with Crippen LogP contribution in [-0.2, 0) is 0 Å². The Morgan fingerprint density at radius 1 is 1.50 bits per heavy atom. The van der Waals surface area contributed by atoms with Gasteiger partial charge >= 0.3 is 0 Å². The molecule has 7 heteroatoms. The Labute approximate surface area is 103 Å². The van der Waals surface area contributed by atoms with E-state index in [9.17, 15) is 9.90 Å². The van der Waals surface area contributed by atoms with Crippen LogP contribution >= 0.6 is 0 Å². The first-order chi connectivity index (χ1) is 8.70. The fourth-order valence-electron chi connectivity index (χ4n) is 2.60. The van der Waals surface area contributed by atoms with Gasteiger partial charge in [0, 0.05) is 12.3 Å². The molecule has 0 bridgehead atoms. The molecule has 0 amide bonds. The first-order valence-corrected chi connectivity index (χ1v) is 5.87. The highest BCUT2D eigenvalue weighted by atomic mass is 16.3. The molecule has 0 aliphatic carbocycles. The number of hydrogen-bond donors (Lipinski definition) is 4. The summed E-state index contributed by atoms with van der Waals surface area (Å²) < 4.78 is 0. The van der Waals surface area contributed by atoms with Crippen LogP contribution in [-0.4, -0.2) is 51.2 Å². The highest BCUT2D eigenvalue weighted by Gasteiger charge is 2.39. The van der Waals surface area contributed by atoms with Gasteiger partial charge in [-0.05, 0) is 6.42 Å². The van der Waals surface area contributed by atoms with Gasteiger partial charge in [0.2, 0.25) is 0 Å². The Kier molecular flexibility index (Phi) is 2.73. The van der Waals surface area contributed by atoms with E-state index in [-0.39, 0.29) is 30.2 Å². The van der Waals surface area contributed by atoms with Gasteiger partial charge in [-0.1, -0.05) is 0 Å². The molecule has 0 aromatic carbocycles. The maximum atomic E-state index is 11.5. The van der Waals surface area contributed by atoms with Crippen molar-refractivity contribution in [1.29, 1.82) is 0 Å². The molecule has 7 nitrogen and oxygen atoms in total. The Morgan fingerprint density at radius 2 is 2.33 bits per heavy atom. The van der Waals surface area contributed by atoms with Gasteiger partial charge in [0.15, 0.2) is 0 Å². The second kappa shape index (κ2) is 4.27. The van der Waals surface area contributed by atoms with Crippen molar-refractivity contribution >= 4 is 11.9 Å². The van der Waals surface area contributed by atoms with E-state index in [1.807, 2.05) is 0 Å². The molecule has 1 unspecified atom stereocenters. The summed E-state index contributed by atoms with van der Waals surface area (Å²) in [6, 6.07) is -0.383. The quantitative estimate of drug-likeness (QED) is 0.519. The van der Waals surface area contributed by atoms with Crippen molar-refractivity contribution in [3.63, 3.8) is 0 Å². The number of nitrogens with zero attached hydrogens (tertiary/aromatic N) is 2. The third kappa shape index (κ3) is 1.67. The van der Waals surface area contributed by atoms with E-state index in [0.29, 0.717) is 17.8 Å². The van der Waals surface area contributed by atoms with Crippen LogP contribution in [0.25, 0.3) is 0 Å². The Hall–Kier alpha value is -1.57. The molecule has 1 saturated heterocycles. The first-order valence-electron chi connectivity index (χ1n) is 5.87. The second-order valence-corrected chi connectivity index (χ2v) is 4.63. The topological polar surface area (TPSA) is 111 Å². The van der Waals surface area contributed by atoms with Gasteiger partial charge in [-0.25, -0.2) is 4.98 Å². The molecule has 4 atom stereocenters. The smallest absolute Gasteiger partial charge is 0.276 e. The van der Waals surface area contributed by atoms with Crippen LogP contribution in [0.3, 0.4) is 0 Å². The van der Waals surface area contributed by atoms with Gasteiger partial charge in [0.1, 0.15) is 5.69 Å². The van der Waals surface area contributed by atoms with Crippen molar-refractivity contribution in [2.45, 2.75) is 30.5 Å². The van der Waals surface area contributed by atoms with Crippen LogP contribution in [0.15, 0.2) is 16.1 Å². The molecule has 0 spiro atoms. The molecule has 1 aromatic rings. The fraction of sp³-hybridized carbons (Fsp3) is 0.545. The first kappa shape index (κ1) is 11.5. The largest absolute Gasteiger partial charge is 0.395 e. The van der Waals surface area contributed by atoms with Crippen LogP contribution in [0.4, 0.5) is 5.69 Å². The number of aromatic nitrogens is 2. The lowest BCUT2D eigenvalue weighted by atomic mass is 9.96. The highest BCUT2D eigenvalue weighted by molar-refractivity contribution is 5.79. The number of aromatic amines is 1. The number of H-pyrrole nitrogens is 1. The van der Waals surface area contributed by atoms with Crippen molar-refractivity contribution in [2.24, 2.45) is 4.99 Å². The summed E-state index contributed by atoms with van der Waals surface area (Å²) in [6.45, 7) is -0.114. The monoisotopic (exact) mass is 250 g/mol. The van der Waals surface area contributed by atoms with E-state index in [1.165, 1.54) is 6.33 Å². The molecule has 18 heavy (non-hydrogen) atoms.